The van der Waals surface area contributed by atoms with Gasteiger partial charge in [0, 0.05) is 0 Å². The van der Waals surface area contributed by atoms with Gasteiger partial charge in [-0.25, -0.2) is 19.9 Å². The predicted octanol–water partition coefficient (Wildman–Crippen LogP) is 5.69. The van der Waals surface area contributed by atoms with Crippen molar-refractivity contribution in [3.63, 3.8) is 0 Å². The van der Waals surface area contributed by atoms with Crippen molar-refractivity contribution in [3.05, 3.63) is 120 Å². The topological polar surface area (TPSA) is 153 Å². The van der Waals surface area contributed by atoms with Crippen molar-refractivity contribution in [2.24, 2.45) is 0 Å². The fraction of sp³-hybridized carbons (Fsp3) is 0. The minimum absolute atomic E-state index is 0.215. The van der Waals surface area contributed by atoms with E-state index in [0.717, 1.165) is 0 Å². The van der Waals surface area contributed by atoms with E-state index < -0.39 is 0 Å². The first kappa shape index (κ1) is 25.0. The molecule has 0 radical (unpaired) electrons. The summed E-state index contributed by atoms with van der Waals surface area (Å²) in [5.41, 5.74) is 2.08. The Kier molecular flexibility index (Phi) is 7.01. The highest BCUT2D eigenvalue weighted by molar-refractivity contribution is 5.79. The maximum absolute atomic E-state index is 9.47. The van der Waals surface area contributed by atoms with Crippen LogP contribution in [0, 0.1) is 45.3 Å². The number of aromatic nitrogens is 4. The lowest BCUT2D eigenvalue weighted by molar-refractivity contribution is 1.09. The molecule has 0 saturated carbocycles. The summed E-state index contributed by atoms with van der Waals surface area (Å²) in [6.07, 6.45) is 0. The largest absolute Gasteiger partial charge is 0.279 e. The van der Waals surface area contributed by atoms with Crippen molar-refractivity contribution in [2.45, 2.75) is 0 Å². The Labute approximate surface area is 229 Å². The van der Waals surface area contributed by atoms with Crippen molar-refractivity contribution < 1.29 is 0 Å². The Bertz CT molecular complexity index is 1640. The summed E-state index contributed by atoms with van der Waals surface area (Å²) in [4.78, 5) is 21.3. The number of nitrogens with zero attached hydrogens (tertiary/aromatic N) is 10. The lowest BCUT2D eigenvalue weighted by Gasteiger charge is -2.27. The molecule has 0 fully saturated rings. The molecule has 10 heteroatoms. The van der Waals surface area contributed by atoms with Gasteiger partial charge in [0.1, 0.15) is 70.3 Å². The van der Waals surface area contributed by atoms with Gasteiger partial charge in [0.25, 0.3) is 0 Å². The third-order valence-corrected chi connectivity index (χ3v) is 5.66. The summed E-state index contributed by atoms with van der Waals surface area (Å²) in [6, 6.07) is 35.7. The molecule has 0 amide bonds. The van der Waals surface area contributed by atoms with Crippen molar-refractivity contribution >= 4 is 34.6 Å². The summed E-state index contributed by atoms with van der Waals surface area (Å²) < 4.78 is 0. The number of hydrogen-bond acceptors (Lipinski definition) is 10. The molecule has 0 aliphatic carbocycles. The van der Waals surface area contributed by atoms with Gasteiger partial charge in [-0.2, -0.15) is 21.0 Å². The highest BCUT2D eigenvalue weighted by Crippen LogP contribution is 2.38. The smallest absolute Gasteiger partial charge is 0.142 e. The Balaban J connectivity index is 1.72. The molecule has 0 saturated heterocycles. The third-order valence-electron chi connectivity index (χ3n) is 5.66. The van der Waals surface area contributed by atoms with Gasteiger partial charge in [-0.15, -0.1) is 0 Å². The average Bonchev–Trinajstić information content (AvgIpc) is 3.02. The minimum atomic E-state index is 0.215. The SMILES string of the molecule is N#Cc1cccc(N(c2cccc(N(c3cccc(C#N)n3)c3cccc(C#N)n3)c2)c2cccc(C#N)n2)n1. The molecule has 0 atom stereocenters. The number of hydrogen-bond donors (Lipinski definition) is 0. The van der Waals surface area contributed by atoms with E-state index in [2.05, 4.69) is 44.2 Å². The molecule has 0 unspecified atom stereocenters. The van der Waals surface area contributed by atoms with Crippen molar-refractivity contribution in [2.75, 3.05) is 9.80 Å². The second-order valence-corrected chi connectivity index (χ2v) is 8.16. The fourth-order valence-electron chi connectivity index (χ4n) is 3.98. The second kappa shape index (κ2) is 11.2. The zero-order chi connectivity index (χ0) is 27.9. The first-order valence-electron chi connectivity index (χ1n) is 11.8. The lowest BCUT2D eigenvalue weighted by Crippen LogP contribution is -2.16. The quantitative estimate of drug-likeness (QED) is 0.275. The molecule has 5 aromatic rings. The summed E-state index contributed by atoms with van der Waals surface area (Å²) in [7, 11) is 0. The maximum Gasteiger partial charge on any atom is 0.142 e. The van der Waals surface area contributed by atoms with E-state index in [9.17, 15) is 21.0 Å². The van der Waals surface area contributed by atoms with E-state index in [0.29, 0.717) is 34.6 Å². The number of anilines is 6. The van der Waals surface area contributed by atoms with Crippen LogP contribution in [0.3, 0.4) is 0 Å². The molecule has 40 heavy (non-hydrogen) atoms. The van der Waals surface area contributed by atoms with Crippen LogP contribution in [-0.4, -0.2) is 19.9 Å². The molecule has 4 heterocycles. The Morgan fingerprint density at radius 3 is 0.950 bits per heavy atom. The van der Waals surface area contributed by atoms with Gasteiger partial charge in [0.05, 0.1) is 11.4 Å². The Morgan fingerprint density at radius 2 is 0.675 bits per heavy atom. The standard InChI is InChI=1S/C30H16N10/c31-17-21-6-1-12-27(35-21)39(28-13-2-7-22(18-32)36-28)25-10-5-11-26(16-25)40(29-14-3-8-23(19-33)37-29)30-15-4-9-24(20-34)38-30/h1-16H. The van der Waals surface area contributed by atoms with Crippen LogP contribution in [0.15, 0.2) is 97.1 Å². The van der Waals surface area contributed by atoms with Crippen LogP contribution in [0.4, 0.5) is 34.6 Å². The molecule has 0 aliphatic heterocycles. The van der Waals surface area contributed by atoms with Gasteiger partial charge in [-0.3, -0.25) is 9.80 Å². The van der Waals surface area contributed by atoms with E-state index in [1.54, 1.807) is 82.6 Å². The van der Waals surface area contributed by atoms with Gasteiger partial charge >= 0.3 is 0 Å². The van der Waals surface area contributed by atoms with E-state index in [-0.39, 0.29) is 22.8 Å². The molecule has 10 nitrogen and oxygen atoms in total. The summed E-state index contributed by atoms with van der Waals surface area (Å²) >= 11 is 0. The molecule has 0 aliphatic rings. The monoisotopic (exact) mass is 516 g/mol. The van der Waals surface area contributed by atoms with Gasteiger partial charge < -0.3 is 0 Å². The highest BCUT2D eigenvalue weighted by Gasteiger charge is 2.21. The molecule has 0 N–H and O–H groups in total. The van der Waals surface area contributed by atoms with E-state index in [1.165, 1.54) is 0 Å². The van der Waals surface area contributed by atoms with Gasteiger partial charge in [0.15, 0.2) is 0 Å². The van der Waals surface area contributed by atoms with Crippen LogP contribution in [0.25, 0.3) is 0 Å². The molecule has 5 rings (SSSR count). The Morgan fingerprint density at radius 1 is 0.400 bits per heavy atom. The normalized spacial score (nSPS) is 9.90. The highest BCUT2D eigenvalue weighted by atomic mass is 15.3. The van der Waals surface area contributed by atoms with Crippen molar-refractivity contribution in [3.8, 4) is 24.3 Å². The molecule has 1 aromatic carbocycles. The van der Waals surface area contributed by atoms with Gasteiger partial charge in [0.2, 0.25) is 0 Å². The van der Waals surface area contributed by atoms with Crippen LogP contribution in [-0.2, 0) is 0 Å². The van der Waals surface area contributed by atoms with Crippen LogP contribution in [0.5, 0.6) is 0 Å². The summed E-state index contributed by atoms with van der Waals surface area (Å²) in [5.74, 6) is 1.66. The van der Waals surface area contributed by atoms with E-state index in [1.807, 2.05) is 24.3 Å². The van der Waals surface area contributed by atoms with Gasteiger partial charge in [-0.05, 0) is 66.7 Å². The van der Waals surface area contributed by atoms with Crippen LogP contribution < -0.4 is 9.80 Å². The first-order valence-corrected chi connectivity index (χ1v) is 11.8. The van der Waals surface area contributed by atoms with Crippen LogP contribution >= 0.6 is 0 Å². The number of rotatable bonds is 6. The maximum atomic E-state index is 9.47. The zero-order valence-electron chi connectivity index (χ0n) is 20.7. The number of nitriles is 4. The summed E-state index contributed by atoms with van der Waals surface area (Å²) in [6.45, 7) is 0. The Hall–Kier alpha value is -6.62. The fourth-order valence-corrected chi connectivity index (χ4v) is 3.98. The molecule has 0 bridgehead atoms. The zero-order valence-corrected chi connectivity index (χ0v) is 20.7. The molecular weight excluding hydrogens is 500 g/mol. The minimum Gasteiger partial charge on any atom is -0.279 e. The number of benzene rings is 1. The molecular formula is C30H16N10. The third kappa shape index (κ3) is 5.10. The van der Waals surface area contributed by atoms with Crippen molar-refractivity contribution in [1.82, 2.24) is 19.9 Å². The average molecular weight is 517 g/mol. The number of pyridine rings is 4. The second-order valence-electron chi connectivity index (χ2n) is 8.16. The molecule has 4 aromatic heterocycles. The first-order chi connectivity index (χ1) is 19.6. The van der Waals surface area contributed by atoms with Crippen molar-refractivity contribution in [1.29, 1.82) is 21.0 Å². The van der Waals surface area contributed by atoms with Crippen LogP contribution in [0.1, 0.15) is 22.8 Å². The van der Waals surface area contributed by atoms with E-state index in [4.69, 9.17) is 0 Å². The van der Waals surface area contributed by atoms with Crippen LogP contribution in [0.2, 0.25) is 0 Å². The predicted molar refractivity (Wildman–Crippen MR) is 146 cm³/mol. The molecule has 0 spiro atoms. The van der Waals surface area contributed by atoms with E-state index >= 15 is 0 Å². The molecule has 186 valence electrons. The summed E-state index contributed by atoms with van der Waals surface area (Å²) in [5, 5.41) is 37.9. The lowest BCUT2D eigenvalue weighted by atomic mass is 10.2. The van der Waals surface area contributed by atoms with Gasteiger partial charge in [-0.1, -0.05) is 30.3 Å².